The Hall–Kier alpha value is -3.15. The van der Waals surface area contributed by atoms with Crippen LogP contribution in [0.15, 0.2) is 67.3 Å². The Bertz CT molecular complexity index is 755. The van der Waals surface area contributed by atoms with Gasteiger partial charge in [-0.2, -0.15) is 5.10 Å². The highest BCUT2D eigenvalue weighted by atomic mass is 16.5. The quantitative estimate of drug-likeness (QED) is 0.679. The van der Waals surface area contributed by atoms with Crippen molar-refractivity contribution in [2.24, 2.45) is 0 Å². The van der Waals surface area contributed by atoms with Crippen LogP contribution in [0.25, 0.3) is 5.69 Å². The first kappa shape index (κ1) is 15.7. The molecule has 0 unspecified atom stereocenters. The molecular formula is C18H18N4O2. The highest BCUT2D eigenvalue weighted by Crippen LogP contribution is 2.09. The second kappa shape index (κ2) is 7.92. The van der Waals surface area contributed by atoms with Gasteiger partial charge in [0.1, 0.15) is 18.4 Å². The minimum atomic E-state index is -0.0974. The van der Waals surface area contributed by atoms with E-state index in [2.05, 4.69) is 15.4 Å². The third-order valence-corrected chi connectivity index (χ3v) is 3.43. The van der Waals surface area contributed by atoms with E-state index in [-0.39, 0.29) is 5.91 Å². The maximum atomic E-state index is 12.1. The smallest absolute Gasteiger partial charge is 0.251 e. The van der Waals surface area contributed by atoms with E-state index < -0.39 is 0 Å². The molecule has 0 radical (unpaired) electrons. The fourth-order valence-electron chi connectivity index (χ4n) is 2.19. The Morgan fingerprint density at radius 1 is 1.08 bits per heavy atom. The maximum Gasteiger partial charge on any atom is 0.251 e. The van der Waals surface area contributed by atoms with Crippen molar-refractivity contribution in [3.8, 4) is 11.4 Å². The van der Waals surface area contributed by atoms with Gasteiger partial charge in [0.05, 0.1) is 12.3 Å². The van der Waals surface area contributed by atoms with Crippen molar-refractivity contribution in [2.75, 3.05) is 13.2 Å². The normalized spacial score (nSPS) is 10.3. The number of ether oxygens (including phenoxy) is 1. The third-order valence-electron chi connectivity index (χ3n) is 3.43. The topological polar surface area (TPSA) is 69.0 Å². The summed E-state index contributed by atoms with van der Waals surface area (Å²) in [6.45, 7) is 1.13. The molecule has 24 heavy (non-hydrogen) atoms. The van der Waals surface area contributed by atoms with Gasteiger partial charge in [0.15, 0.2) is 0 Å². The molecule has 3 rings (SSSR count). The number of hydrogen-bond donors (Lipinski definition) is 1. The summed E-state index contributed by atoms with van der Waals surface area (Å²) in [5.41, 5.74) is 1.48. The van der Waals surface area contributed by atoms with E-state index in [1.807, 2.05) is 42.5 Å². The molecule has 0 saturated heterocycles. The molecule has 1 amide bonds. The lowest BCUT2D eigenvalue weighted by atomic mass is 10.2. The van der Waals surface area contributed by atoms with Crippen molar-refractivity contribution < 1.29 is 9.53 Å². The van der Waals surface area contributed by atoms with Crippen molar-refractivity contribution in [2.45, 2.75) is 6.42 Å². The van der Waals surface area contributed by atoms with E-state index >= 15 is 0 Å². The van der Waals surface area contributed by atoms with Crippen LogP contribution in [0.3, 0.4) is 0 Å². The zero-order chi connectivity index (χ0) is 16.6. The lowest BCUT2D eigenvalue weighted by molar-refractivity contribution is 0.0951. The number of carbonyl (C=O) groups excluding carboxylic acids is 1. The van der Waals surface area contributed by atoms with Gasteiger partial charge in [-0.15, -0.1) is 0 Å². The SMILES string of the molecule is O=C(NCCCOc1ccccc1)c1ccc(-n2cncn2)cc1. The molecule has 0 spiro atoms. The van der Waals surface area contributed by atoms with Gasteiger partial charge in [-0.05, 0) is 42.8 Å². The molecule has 0 atom stereocenters. The molecule has 122 valence electrons. The van der Waals surface area contributed by atoms with Gasteiger partial charge >= 0.3 is 0 Å². The van der Waals surface area contributed by atoms with E-state index in [1.165, 1.54) is 6.33 Å². The number of hydrogen-bond acceptors (Lipinski definition) is 4. The molecule has 0 aliphatic carbocycles. The molecule has 1 heterocycles. The lowest BCUT2D eigenvalue weighted by Gasteiger charge is -2.08. The number of carbonyl (C=O) groups is 1. The van der Waals surface area contributed by atoms with Gasteiger partial charge in [-0.25, -0.2) is 9.67 Å². The Balaban J connectivity index is 1.42. The van der Waals surface area contributed by atoms with E-state index in [4.69, 9.17) is 4.74 Å². The Morgan fingerprint density at radius 2 is 1.88 bits per heavy atom. The molecule has 0 saturated carbocycles. The zero-order valence-electron chi connectivity index (χ0n) is 13.1. The van der Waals surface area contributed by atoms with Crippen LogP contribution in [0.4, 0.5) is 0 Å². The highest BCUT2D eigenvalue weighted by molar-refractivity contribution is 5.94. The predicted octanol–water partition coefficient (Wildman–Crippen LogP) is 2.47. The molecule has 0 fully saturated rings. The first-order chi connectivity index (χ1) is 11.8. The third kappa shape index (κ3) is 4.19. The lowest BCUT2D eigenvalue weighted by Crippen LogP contribution is -2.25. The van der Waals surface area contributed by atoms with Crippen LogP contribution in [0.5, 0.6) is 5.75 Å². The average molecular weight is 322 g/mol. The molecule has 2 aromatic carbocycles. The largest absolute Gasteiger partial charge is 0.494 e. The van der Waals surface area contributed by atoms with Crippen molar-refractivity contribution in [1.29, 1.82) is 0 Å². The minimum absolute atomic E-state index is 0.0974. The molecule has 0 bridgehead atoms. The second-order valence-corrected chi connectivity index (χ2v) is 5.16. The first-order valence-electron chi connectivity index (χ1n) is 7.74. The molecule has 3 aromatic rings. The van der Waals surface area contributed by atoms with Gasteiger partial charge in [0, 0.05) is 12.1 Å². The summed E-state index contributed by atoms with van der Waals surface area (Å²) < 4.78 is 7.23. The van der Waals surface area contributed by atoms with Crippen molar-refractivity contribution in [1.82, 2.24) is 20.1 Å². The molecule has 6 nitrogen and oxygen atoms in total. The Kier molecular flexibility index (Phi) is 5.19. The average Bonchev–Trinajstić information content (AvgIpc) is 3.17. The number of benzene rings is 2. The standard InChI is InChI=1S/C18H18N4O2/c23-18(20-11-4-12-24-17-5-2-1-3-6-17)15-7-9-16(10-8-15)22-14-19-13-21-22/h1-3,5-10,13-14H,4,11-12H2,(H,20,23). The van der Waals surface area contributed by atoms with Crippen LogP contribution in [-0.2, 0) is 0 Å². The van der Waals surface area contributed by atoms with Gasteiger partial charge in [-0.3, -0.25) is 4.79 Å². The first-order valence-corrected chi connectivity index (χ1v) is 7.74. The number of para-hydroxylation sites is 1. The van der Waals surface area contributed by atoms with E-state index in [9.17, 15) is 4.79 Å². The number of nitrogens with zero attached hydrogens (tertiary/aromatic N) is 3. The van der Waals surface area contributed by atoms with Gasteiger partial charge in [0.25, 0.3) is 5.91 Å². The minimum Gasteiger partial charge on any atom is -0.494 e. The molecule has 6 heteroatoms. The summed E-state index contributed by atoms with van der Waals surface area (Å²) in [5, 5.41) is 6.93. The monoisotopic (exact) mass is 322 g/mol. The highest BCUT2D eigenvalue weighted by Gasteiger charge is 2.05. The summed E-state index contributed by atoms with van der Waals surface area (Å²) in [7, 11) is 0. The van der Waals surface area contributed by atoms with E-state index in [0.717, 1.165) is 17.9 Å². The summed E-state index contributed by atoms with van der Waals surface area (Å²) in [6, 6.07) is 16.8. The molecule has 0 aliphatic rings. The van der Waals surface area contributed by atoms with Gasteiger partial charge in [0.2, 0.25) is 0 Å². The maximum absolute atomic E-state index is 12.1. The summed E-state index contributed by atoms with van der Waals surface area (Å²) >= 11 is 0. The summed E-state index contributed by atoms with van der Waals surface area (Å²) in [6.07, 6.45) is 3.83. The fraction of sp³-hybridized carbons (Fsp3) is 0.167. The molecule has 0 aliphatic heterocycles. The number of rotatable bonds is 7. The molecular weight excluding hydrogens is 304 g/mol. The van der Waals surface area contributed by atoms with Crippen LogP contribution in [0.1, 0.15) is 16.8 Å². The predicted molar refractivity (Wildman–Crippen MR) is 90.2 cm³/mol. The van der Waals surface area contributed by atoms with E-state index in [1.54, 1.807) is 23.1 Å². The van der Waals surface area contributed by atoms with E-state index in [0.29, 0.717) is 18.7 Å². The van der Waals surface area contributed by atoms with Crippen LogP contribution in [0.2, 0.25) is 0 Å². The zero-order valence-corrected chi connectivity index (χ0v) is 13.1. The number of aromatic nitrogens is 3. The Morgan fingerprint density at radius 3 is 2.58 bits per heavy atom. The summed E-state index contributed by atoms with van der Waals surface area (Å²) in [5.74, 6) is 0.743. The summed E-state index contributed by atoms with van der Waals surface area (Å²) in [4.78, 5) is 16.0. The molecule has 1 N–H and O–H groups in total. The fourth-order valence-corrected chi connectivity index (χ4v) is 2.19. The number of nitrogens with one attached hydrogen (secondary N) is 1. The van der Waals surface area contributed by atoms with Crippen molar-refractivity contribution >= 4 is 5.91 Å². The molecule has 1 aromatic heterocycles. The van der Waals surface area contributed by atoms with Crippen LogP contribution >= 0.6 is 0 Å². The van der Waals surface area contributed by atoms with Crippen LogP contribution in [-0.4, -0.2) is 33.8 Å². The van der Waals surface area contributed by atoms with Gasteiger partial charge < -0.3 is 10.1 Å². The number of amides is 1. The second-order valence-electron chi connectivity index (χ2n) is 5.16. The Labute approximate surface area is 140 Å². The van der Waals surface area contributed by atoms with Crippen molar-refractivity contribution in [3.63, 3.8) is 0 Å². The van der Waals surface area contributed by atoms with Crippen LogP contribution < -0.4 is 10.1 Å². The van der Waals surface area contributed by atoms with Crippen LogP contribution in [0, 0.1) is 0 Å². The van der Waals surface area contributed by atoms with Crippen molar-refractivity contribution in [3.05, 3.63) is 72.8 Å². The van der Waals surface area contributed by atoms with Gasteiger partial charge in [-0.1, -0.05) is 18.2 Å².